The van der Waals surface area contributed by atoms with Gasteiger partial charge < -0.3 is 19.5 Å². The molecule has 5 rings (SSSR count). The molecule has 1 fully saturated rings. The van der Waals surface area contributed by atoms with Crippen LogP contribution < -0.4 is 14.8 Å². The SMILES string of the molecule is CCCCOc1c(Br)cc(C2C(C(=O)OC3CCCCC3)=C(C)Nc3nc(SCc4ccccc4F)nn32)cc1OC. The van der Waals surface area contributed by atoms with Crippen molar-refractivity contribution < 1.29 is 23.4 Å². The molecular formula is C31H36BrFN4O4S. The van der Waals surface area contributed by atoms with E-state index in [-0.39, 0.29) is 17.9 Å². The number of methoxy groups -OCH3 is 1. The monoisotopic (exact) mass is 658 g/mol. The summed E-state index contributed by atoms with van der Waals surface area (Å²) in [5.41, 5.74) is 2.43. The molecule has 224 valence electrons. The Hall–Kier alpha value is -3.05. The van der Waals surface area contributed by atoms with Gasteiger partial charge in [-0.2, -0.15) is 4.98 Å². The molecule has 8 nitrogen and oxygen atoms in total. The van der Waals surface area contributed by atoms with E-state index in [0.717, 1.165) is 50.5 Å². The number of benzene rings is 2. The number of allylic oxidation sites excluding steroid dienone is 1. The van der Waals surface area contributed by atoms with Crippen molar-refractivity contribution >= 4 is 39.6 Å². The zero-order valence-corrected chi connectivity index (χ0v) is 26.5. The van der Waals surface area contributed by atoms with Gasteiger partial charge >= 0.3 is 5.97 Å². The fourth-order valence-corrected chi connectivity index (χ4v) is 6.67. The fraction of sp³-hybridized carbons (Fsp3) is 0.452. The third-order valence-corrected chi connectivity index (χ3v) is 8.98. The number of halogens is 2. The molecule has 0 radical (unpaired) electrons. The van der Waals surface area contributed by atoms with Gasteiger partial charge in [0.05, 0.1) is 23.8 Å². The molecule has 1 aromatic heterocycles. The molecule has 2 aromatic carbocycles. The van der Waals surface area contributed by atoms with Crippen molar-refractivity contribution in [2.45, 2.75) is 81.8 Å². The number of rotatable bonds is 11. The molecule has 2 aliphatic rings. The van der Waals surface area contributed by atoms with Gasteiger partial charge in [-0.1, -0.05) is 49.7 Å². The molecular weight excluding hydrogens is 623 g/mol. The summed E-state index contributed by atoms with van der Waals surface area (Å²) in [6.07, 6.45) is 6.82. The molecule has 42 heavy (non-hydrogen) atoms. The number of carbonyl (C=O) groups excluding carboxylic acids is 1. The highest BCUT2D eigenvalue weighted by molar-refractivity contribution is 9.10. The van der Waals surface area contributed by atoms with Gasteiger partial charge in [0.15, 0.2) is 11.5 Å². The van der Waals surface area contributed by atoms with Gasteiger partial charge in [-0.25, -0.2) is 13.9 Å². The topological polar surface area (TPSA) is 87.5 Å². The molecule has 1 atom stereocenters. The molecule has 11 heteroatoms. The molecule has 2 heterocycles. The molecule has 1 saturated carbocycles. The summed E-state index contributed by atoms with van der Waals surface area (Å²) in [6, 6.07) is 9.83. The number of nitrogens with zero attached hydrogens (tertiary/aromatic N) is 3. The summed E-state index contributed by atoms with van der Waals surface area (Å²) >= 11 is 5.00. The second kappa shape index (κ2) is 13.9. The third kappa shape index (κ3) is 6.78. The summed E-state index contributed by atoms with van der Waals surface area (Å²) in [4.78, 5) is 18.5. The van der Waals surface area contributed by atoms with E-state index in [0.29, 0.717) is 56.3 Å². The summed E-state index contributed by atoms with van der Waals surface area (Å²) in [5, 5.41) is 8.51. The number of unbranched alkanes of at least 4 members (excludes halogenated alkanes) is 1. The van der Waals surface area contributed by atoms with E-state index in [2.05, 4.69) is 28.2 Å². The van der Waals surface area contributed by atoms with Crippen LogP contribution in [0.1, 0.15) is 76.0 Å². The quantitative estimate of drug-likeness (QED) is 0.127. The van der Waals surface area contributed by atoms with Crippen molar-refractivity contribution in [3.8, 4) is 11.5 Å². The van der Waals surface area contributed by atoms with Crippen LogP contribution in [0.15, 0.2) is 57.3 Å². The number of hydrogen-bond acceptors (Lipinski definition) is 8. The summed E-state index contributed by atoms with van der Waals surface area (Å²) in [7, 11) is 1.60. The van der Waals surface area contributed by atoms with E-state index < -0.39 is 6.04 Å². The molecule has 0 bridgehead atoms. The number of nitrogens with one attached hydrogen (secondary N) is 1. The lowest BCUT2D eigenvalue weighted by molar-refractivity contribution is -0.146. The highest BCUT2D eigenvalue weighted by Gasteiger charge is 2.37. The smallest absolute Gasteiger partial charge is 0.338 e. The van der Waals surface area contributed by atoms with E-state index in [1.807, 2.05) is 19.1 Å². The average Bonchev–Trinajstić information content (AvgIpc) is 3.39. The Morgan fingerprint density at radius 2 is 2.00 bits per heavy atom. The second-order valence-electron chi connectivity index (χ2n) is 10.5. The van der Waals surface area contributed by atoms with Gasteiger partial charge in [0.25, 0.3) is 0 Å². The van der Waals surface area contributed by atoms with Gasteiger partial charge in [0, 0.05) is 11.4 Å². The number of hydrogen-bond donors (Lipinski definition) is 1. The Morgan fingerprint density at radius 1 is 1.21 bits per heavy atom. The van der Waals surface area contributed by atoms with Crippen molar-refractivity contribution in [1.29, 1.82) is 0 Å². The first-order valence-electron chi connectivity index (χ1n) is 14.4. The summed E-state index contributed by atoms with van der Waals surface area (Å²) < 4.78 is 34.5. The van der Waals surface area contributed by atoms with Crippen LogP contribution in [-0.4, -0.2) is 40.6 Å². The Labute approximate surface area is 258 Å². The van der Waals surface area contributed by atoms with Crippen molar-refractivity contribution in [3.05, 3.63) is 69.1 Å². The lowest BCUT2D eigenvalue weighted by Gasteiger charge is -2.30. The highest BCUT2D eigenvalue weighted by Crippen LogP contribution is 2.43. The summed E-state index contributed by atoms with van der Waals surface area (Å²) in [5.74, 6) is 1.36. The number of anilines is 1. The van der Waals surface area contributed by atoms with Gasteiger partial charge in [0.1, 0.15) is 18.0 Å². The van der Waals surface area contributed by atoms with Crippen LogP contribution in [0.5, 0.6) is 11.5 Å². The van der Waals surface area contributed by atoms with Crippen molar-refractivity contribution in [3.63, 3.8) is 0 Å². The molecule has 0 amide bonds. The fourth-order valence-electron chi connectivity index (χ4n) is 5.28. The number of ether oxygens (including phenoxy) is 3. The number of carbonyl (C=O) groups is 1. The van der Waals surface area contributed by atoms with Crippen molar-refractivity contribution in [2.24, 2.45) is 0 Å². The minimum absolute atomic E-state index is 0.105. The standard InChI is InChI=1S/C31H36BrFN4O4S/c1-4-5-15-40-28-23(32)16-21(17-25(28)39-3)27-26(29(38)41-22-12-7-6-8-13-22)19(2)34-30-35-31(36-37(27)30)42-18-20-11-9-10-14-24(20)33/h9-11,14,16-17,22,27H,4-8,12-13,15,18H2,1-3H3,(H,34,35,36). The predicted molar refractivity (Wildman–Crippen MR) is 165 cm³/mol. The second-order valence-corrected chi connectivity index (χ2v) is 12.3. The summed E-state index contributed by atoms with van der Waals surface area (Å²) in [6.45, 7) is 4.52. The Morgan fingerprint density at radius 3 is 2.74 bits per heavy atom. The van der Waals surface area contributed by atoms with Crippen LogP contribution in [0.2, 0.25) is 0 Å². The Balaban J connectivity index is 1.52. The number of thioether (sulfide) groups is 1. The molecule has 3 aromatic rings. The molecule has 0 spiro atoms. The maximum Gasteiger partial charge on any atom is 0.338 e. The van der Waals surface area contributed by atoms with E-state index in [1.165, 1.54) is 17.8 Å². The van der Waals surface area contributed by atoms with Crippen LogP contribution in [0.4, 0.5) is 10.3 Å². The number of esters is 1. The van der Waals surface area contributed by atoms with E-state index in [4.69, 9.17) is 24.3 Å². The van der Waals surface area contributed by atoms with E-state index in [1.54, 1.807) is 30.0 Å². The predicted octanol–water partition coefficient (Wildman–Crippen LogP) is 7.82. The minimum atomic E-state index is -0.637. The Kier molecular flexibility index (Phi) is 10.1. The lowest BCUT2D eigenvalue weighted by Crippen LogP contribution is -2.32. The Bertz CT molecular complexity index is 1460. The zero-order valence-electron chi connectivity index (χ0n) is 24.1. The molecule has 1 N–H and O–H groups in total. The van der Waals surface area contributed by atoms with E-state index >= 15 is 0 Å². The zero-order chi connectivity index (χ0) is 29.6. The largest absolute Gasteiger partial charge is 0.493 e. The third-order valence-electron chi connectivity index (χ3n) is 7.51. The van der Waals surface area contributed by atoms with Crippen molar-refractivity contribution in [1.82, 2.24) is 14.8 Å². The van der Waals surface area contributed by atoms with Crippen LogP contribution in [-0.2, 0) is 15.3 Å². The van der Waals surface area contributed by atoms with Gasteiger partial charge in [-0.15, -0.1) is 5.10 Å². The highest BCUT2D eigenvalue weighted by atomic mass is 79.9. The van der Waals surface area contributed by atoms with Crippen LogP contribution in [0, 0.1) is 5.82 Å². The first-order valence-corrected chi connectivity index (χ1v) is 16.2. The number of fused-ring (bicyclic) bond motifs is 1. The van der Waals surface area contributed by atoms with Gasteiger partial charge in [0.2, 0.25) is 11.1 Å². The number of aromatic nitrogens is 3. The van der Waals surface area contributed by atoms with Crippen LogP contribution in [0.25, 0.3) is 0 Å². The maximum atomic E-state index is 14.3. The van der Waals surface area contributed by atoms with Crippen molar-refractivity contribution in [2.75, 3.05) is 19.0 Å². The van der Waals surface area contributed by atoms with Gasteiger partial charge in [-0.05, 0) is 84.3 Å². The maximum absolute atomic E-state index is 14.3. The van der Waals surface area contributed by atoms with Crippen LogP contribution >= 0.6 is 27.7 Å². The van der Waals surface area contributed by atoms with Crippen LogP contribution in [0.3, 0.4) is 0 Å². The molecule has 1 aliphatic carbocycles. The molecule has 1 aliphatic heterocycles. The average molecular weight is 660 g/mol. The normalized spacial score (nSPS) is 17.0. The first kappa shape index (κ1) is 30.4. The minimum Gasteiger partial charge on any atom is -0.493 e. The first-order chi connectivity index (χ1) is 20.4. The van der Waals surface area contributed by atoms with Gasteiger partial charge in [-0.3, -0.25) is 0 Å². The molecule has 1 unspecified atom stereocenters. The molecule has 0 saturated heterocycles. The lowest BCUT2D eigenvalue weighted by atomic mass is 9.94. The van der Waals surface area contributed by atoms with E-state index in [9.17, 15) is 9.18 Å².